The highest BCUT2D eigenvalue weighted by atomic mass is 16.5. The molecule has 0 saturated heterocycles. The van der Waals surface area contributed by atoms with Crippen molar-refractivity contribution in [3.8, 4) is 0 Å². The van der Waals surface area contributed by atoms with Gasteiger partial charge in [-0.3, -0.25) is 0 Å². The molecule has 0 aliphatic carbocycles. The summed E-state index contributed by atoms with van der Waals surface area (Å²) in [6, 6.07) is 9.00. The van der Waals surface area contributed by atoms with Crippen LogP contribution in [-0.4, -0.2) is 18.7 Å². The van der Waals surface area contributed by atoms with Crippen LogP contribution in [0.5, 0.6) is 0 Å². The van der Waals surface area contributed by atoms with Crippen LogP contribution in [0.3, 0.4) is 0 Å². The second-order valence-corrected chi connectivity index (χ2v) is 7.33. The monoisotopic (exact) mass is 383 g/mol. The van der Waals surface area contributed by atoms with Gasteiger partial charge >= 0.3 is 5.97 Å². The Hall–Kier alpha value is -3.03. The highest BCUT2D eigenvalue weighted by Gasteiger charge is 2.27. The molecular weight excluding hydrogens is 354 g/mol. The maximum atomic E-state index is 11.8. The molecule has 1 atom stereocenters. The second kappa shape index (κ2) is 7.92. The van der Waals surface area contributed by atoms with Crippen LogP contribution in [0, 0.1) is 6.92 Å². The zero-order chi connectivity index (χ0) is 21.2. The summed E-state index contributed by atoms with van der Waals surface area (Å²) in [4.78, 5) is 11.8. The molecule has 7 nitrogen and oxygen atoms in total. The molecule has 0 bridgehead atoms. The molecule has 28 heavy (non-hydrogen) atoms. The Balaban J connectivity index is 2.51. The molecule has 0 aliphatic heterocycles. The standard InChI is InChI=1S/C21H29N5O2/c1-11(13-5-6-15(12(2)7-13)20(27)28-4)8-16(21(3,25)26)14-9-17(22)19(24)18(23)10-14/h5-10,16H,22-26H2,1-4H3/b11-8+. The van der Waals surface area contributed by atoms with Gasteiger partial charge in [-0.25, -0.2) is 4.79 Å². The number of aryl methyl sites for hydroxylation is 1. The highest BCUT2D eigenvalue weighted by Crippen LogP contribution is 2.34. The fourth-order valence-corrected chi connectivity index (χ4v) is 3.13. The van der Waals surface area contributed by atoms with Crippen LogP contribution < -0.4 is 28.7 Å². The average Bonchev–Trinajstić information content (AvgIpc) is 2.61. The van der Waals surface area contributed by atoms with E-state index in [9.17, 15) is 4.79 Å². The first-order chi connectivity index (χ1) is 13.0. The minimum Gasteiger partial charge on any atom is -0.465 e. The first-order valence-electron chi connectivity index (χ1n) is 8.85. The van der Waals surface area contributed by atoms with E-state index in [0.29, 0.717) is 22.6 Å². The number of esters is 1. The smallest absolute Gasteiger partial charge is 0.338 e. The number of allylic oxidation sites excluding steroid dienone is 1. The van der Waals surface area contributed by atoms with Crippen LogP contribution in [0.4, 0.5) is 17.1 Å². The van der Waals surface area contributed by atoms with Crippen molar-refractivity contribution in [2.24, 2.45) is 11.5 Å². The first kappa shape index (κ1) is 21.3. The van der Waals surface area contributed by atoms with Crippen LogP contribution in [-0.2, 0) is 4.74 Å². The Bertz CT molecular complexity index is 906. The number of benzene rings is 2. The van der Waals surface area contributed by atoms with E-state index in [-0.39, 0.29) is 11.9 Å². The van der Waals surface area contributed by atoms with Gasteiger partial charge < -0.3 is 33.4 Å². The molecule has 0 radical (unpaired) electrons. The molecule has 0 spiro atoms. The molecule has 0 aliphatic rings. The highest BCUT2D eigenvalue weighted by molar-refractivity contribution is 5.91. The third-order valence-electron chi connectivity index (χ3n) is 4.80. The molecular formula is C21H29N5O2. The van der Waals surface area contributed by atoms with Crippen molar-refractivity contribution in [3.05, 3.63) is 58.7 Å². The SMILES string of the molecule is COC(=O)c1ccc(/C(C)=C/C(c2cc(N)c(N)c(N)c2)C(C)(N)N)cc1C. The molecule has 0 heterocycles. The van der Waals surface area contributed by atoms with Crippen LogP contribution >= 0.6 is 0 Å². The summed E-state index contributed by atoms with van der Waals surface area (Å²) in [5, 5.41) is 0. The van der Waals surface area contributed by atoms with Gasteiger partial charge in [0.25, 0.3) is 0 Å². The average molecular weight is 383 g/mol. The van der Waals surface area contributed by atoms with E-state index >= 15 is 0 Å². The minimum absolute atomic E-state index is 0.341. The molecule has 0 saturated carbocycles. The van der Waals surface area contributed by atoms with Gasteiger partial charge in [-0.1, -0.05) is 18.2 Å². The Kier molecular flexibility index (Phi) is 6.01. The van der Waals surface area contributed by atoms with Crippen molar-refractivity contribution >= 4 is 28.6 Å². The van der Waals surface area contributed by atoms with Gasteiger partial charge in [0.15, 0.2) is 0 Å². The number of nitrogen functional groups attached to an aromatic ring is 3. The molecule has 0 fully saturated rings. The van der Waals surface area contributed by atoms with Crippen molar-refractivity contribution in [1.82, 2.24) is 0 Å². The van der Waals surface area contributed by atoms with Crippen LogP contribution in [0.2, 0.25) is 0 Å². The summed E-state index contributed by atoms with van der Waals surface area (Å²) in [5.74, 6) is -0.730. The van der Waals surface area contributed by atoms with Gasteiger partial charge in [0.1, 0.15) is 0 Å². The zero-order valence-electron chi connectivity index (χ0n) is 16.7. The summed E-state index contributed by atoms with van der Waals surface area (Å²) in [7, 11) is 1.36. The Morgan fingerprint density at radius 1 is 1.11 bits per heavy atom. The van der Waals surface area contributed by atoms with E-state index in [1.54, 1.807) is 25.1 Å². The number of nitrogens with two attached hydrogens (primary N) is 5. The summed E-state index contributed by atoms with van der Waals surface area (Å²) < 4.78 is 4.80. The first-order valence-corrected chi connectivity index (χ1v) is 8.85. The fraction of sp³-hybridized carbons (Fsp3) is 0.286. The maximum absolute atomic E-state index is 11.8. The van der Waals surface area contributed by atoms with Crippen molar-refractivity contribution in [3.63, 3.8) is 0 Å². The number of ether oxygens (including phenoxy) is 1. The zero-order valence-corrected chi connectivity index (χ0v) is 16.7. The molecule has 1 unspecified atom stereocenters. The van der Waals surface area contributed by atoms with Gasteiger partial charge in [0, 0.05) is 5.92 Å². The van der Waals surface area contributed by atoms with Gasteiger partial charge in [0.05, 0.1) is 35.4 Å². The normalized spacial score (nSPS) is 13.3. The summed E-state index contributed by atoms with van der Waals surface area (Å²) in [6.45, 7) is 5.54. The predicted octanol–water partition coefficient (Wildman–Crippen LogP) is 2.35. The molecule has 2 rings (SSSR count). The van der Waals surface area contributed by atoms with E-state index in [4.69, 9.17) is 33.4 Å². The predicted molar refractivity (Wildman–Crippen MR) is 115 cm³/mol. The number of methoxy groups -OCH3 is 1. The van der Waals surface area contributed by atoms with E-state index in [0.717, 1.165) is 22.3 Å². The van der Waals surface area contributed by atoms with Crippen molar-refractivity contribution in [1.29, 1.82) is 0 Å². The number of rotatable bonds is 5. The van der Waals surface area contributed by atoms with Gasteiger partial charge in [-0.2, -0.15) is 0 Å². The van der Waals surface area contributed by atoms with Crippen molar-refractivity contribution in [2.75, 3.05) is 24.3 Å². The third-order valence-corrected chi connectivity index (χ3v) is 4.80. The minimum atomic E-state index is -1.06. The van der Waals surface area contributed by atoms with Crippen molar-refractivity contribution in [2.45, 2.75) is 32.4 Å². The summed E-state index contributed by atoms with van der Waals surface area (Å²) in [5.41, 5.74) is 34.3. The third kappa shape index (κ3) is 4.44. The Morgan fingerprint density at radius 3 is 2.14 bits per heavy atom. The topological polar surface area (TPSA) is 156 Å². The number of hydrogen-bond acceptors (Lipinski definition) is 7. The lowest BCUT2D eigenvalue weighted by molar-refractivity contribution is 0.0600. The number of anilines is 3. The molecule has 150 valence electrons. The second-order valence-electron chi connectivity index (χ2n) is 7.33. The lowest BCUT2D eigenvalue weighted by Gasteiger charge is -2.30. The largest absolute Gasteiger partial charge is 0.465 e. The number of hydrogen-bond donors (Lipinski definition) is 5. The lowest BCUT2D eigenvalue weighted by Crippen LogP contribution is -2.51. The summed E-state index contributed by atoms with van der Waals surface area (Å²) >= 11 is 0. The lowest BCUT2D eigenvalue weighted by atomic mass is 9.84. The Labute approximate surface area is 165 Å². The van der Waals surface area contributed by atoms with Crippen LogP contribution in [0.15, 0.2) is 36.4 Å². The van der Waals surface area contributed by atoms with E-state index in [2.05, 4.69) is 0 Å². The van der Waals surface area contributed by atoms with Crippen LogP contribution in [0.1, 0.15) is 46.8 Å². The number of carbonyl (C=O) groups is 1. The van der Waals surface area contributed by atoms with E-state index in [1.807, 2.05) is 32.1 Å². The Morgan fingerprint density at radius 2 is 1.68 bits per heavy atom. The number of carbonyl (C=O) groups excluding carboxylic acids is 1. The molecule has 10 N–H and O–H groups in total. The van der Waals surface area contributed by atoms with E-state index < -0.39 is 5.66 Å². The maximum Gasteiger partial charge on any atom is 0.338 e. The van der Waals surface area contributed by atoms with Gasteiger partial charge in [-0.05, 0) is 61.2 Å². The summed E-state index contributed by atoms with van der Waals surface area (Å²) in [6.07, 6.45) is 1.97. The van der Waals surface area contributed by atoms with Crippen molar-refractivity contribution < 1.29 is 9.53 Å². The molecule has 0 aromatic heterocycles. The van der Waals surface area contributed by atoms with Gasteiger partial charge in [-0.15, -0.1) is 0 Å². The van der Waals surface area contributed by atoms with E-state index in [1.165, 1.54) is 7.11 Å². The van der Waals surface area contributed by atoms with Crippen LogP contribution in [0.25, 0.3) is 5.57 Å². The molecule has 2 aromatic rings. The molecule has 2 aromatic carbocycles. The quantitative estimate of drug-likeness (QED) is 0.301. The molecule has 7 heteroatoms. The van der Waals surface area contributed by atoms with Gasteiger partial charge in [0.2, 0.25) is 0 Å². The fourth-order valence-electron chi connectivity index (χ4n) is 3.13. The molecule has 0 amide bonds.